The molecule has 1 heterocycles. The molecular weight excluding hydrogens is 234 g/mol. The predicted molar refractivity (Wildman–Crippen MR) is 76.7 cm³/mol. The second-order valence-corrected chi connectivity index (χ2v) is 5.62. The maximum Gasteiger partial charge on any atom is 0.234 e. The molecule has 3 rings (SSSR count). The van der Waals surface area contributed by atoms with Crippen LogP contribution in [0.15, 0.2) is 42.6 Å². The van der Waals surface area contributed by atoms with E-state index < -0.39 is 0 Å². The summed E-state index contributed by atoms with van der Waals surface area (Å²) in [6.45, 7) is 0. The van der Waals surface area contributed by atoms with Crippen molar-refractivity contribution in [2.45, 2.75) is 50.5 Å². The molecule has 0 saturated heterocycles. The molecule has 1 unspecified atom stereocenters. The van der Waals surface area contributed by atoms with Crippen molar-refractivity contribution in [3.63, 3.8) is 0 Å². The average molecular weight is 255 g/mol. The minimum Gasteiger partial charge on any atom is -0.316 e. The largest absolute Gasteiger partial charge is 0.316 e. The lowest BCUT2D eigenvalue weighted by Gasteiger charge is -2.36. The van der Waals surface area contributed by atoms with Crippen molar-refractivity contribution in [1.29, 1.82) is 0 Å². The van der Waals surface area contributed by atoms with Crippen molar-refractivity contribution in [2.24, 2.45) is 0 Å². The Balaban J connectivity index is 1.79. The Kier molecular flexibility index (Phi) is 3.67. The van der Waals surface area contributed by atoms with Crippen molar-refractivity contribution in [1.82, 2.24) is 4.90 Å². The molecule has 2 heteroatoms. The minimum atomic E-state index is 0.0214. The number of carbonyl (C=O) groups is 1. The lowest BCUT2D eigenvalue weighted by molar-refractivity contribution is -0.133. The predicted octanol–water partition coefficient (Wildman–Crippen LogP) is 3.85. The molecule has 0 aromatic heterocycles. The van der Waals surface area contributed by atoms with Gasteiger partial charge in [0.2, 0.25) is 5.91 Å². The highest BCUT2D eigenvalue weighted by Gasteiger charge is 2.31. The third-order valence-corrected chi connectivity index (χ3v) is 4.36. The van der Waals surface area contributed by atoms with Crippen LogP contribution in [0.4, 0.5) is 0 Å². The van der Waals surface area contributed by atoms with Crippen molar-refractivity contribution < 1.29 is 4.79 Å². The van der Waals surface area contributed by atoms with Crippen LogP contribution < -0.4 is 0 Å². The Bertz CT molecular complexity index is 459. The number of rotatable bonds is 2. The molecule has 1 atom stereocenters. The molecule has 1 aromatic rings. The molecule has 1 aromatic carbocycles. The summed E-state index contributed by atoms with van der Waals surface area (Å²) in [5, 5.41) is 0. The Morgan fingerprint density at radius 3 is 2.47 bits per heavy atom. The van der Waals surface area contributed by atoms with Gasteiger partial charge in [0.05, 0.1) is 5.92 Å². The summed E-state index contributed by atoms with van der Waals surface area (Å²) in [5.41, 5.74) is 1.15. The highest BCUT2D eigenvalue weighted by atomic mass is 16.2. The van der Waals surface area contributed by atoms with Crippen LogP contribution in [0.3, 0.4) is 0 Å². The third-order valence-electron chi connectivity index (χ3n) is 4.36. The molecule has 1 saturated carbocycles. The van der Waals surface area contributed by atoms with E-state index in [1.54, 1.807) is 0 Å². The van der Waals surface area contributed by atoms with Gasteiger partial charge in [-0.05, 0) is 24.8 Å². The molecule has 0 bridgehead atoms. The quantitative estimate of drug-likeness (QED) is 0.786. The van der Waals surface area contributed by atoms with Crippen LogP contribution in [0, 0.1) is 0 Å². The maximum absolute atomic E-state index is 12.7. The topological polar surface area (TPSA) is 20.3 Å². The van der Waals surface area contributed by atoms with Gasteiger partial charge >= 0.3 is 0 Å². The Hall–Kier alpha value is -1.57. The summed E-state index contributed by atoms with van der Waals surface area (Å²) in [7, 11) is 0. The van der Waals surface area contributed by atoms with Gasteiger partial charge in [0.15, 0.2) is 0 Å². The lowest BCUT2D eigenvalue weighted by atomic mass is 9.88. The zero-order chi connectivity index (χ0) is 13.1. The number of nitrogens with zero attached hydrogens (tertiary/aromatic N) is 1. The molecule has 2 nitrogen and oxygen atoms in total. The van der Waals surface area contributed by atoms with E-state index in [4.69, 9.17) is 0 Å². The summed E-state index contributed by atoms with van der Waals surface area (Å²) in [5.74, 6) is 0.314. The highest BCUT2D eigenvalue weighted by molar-refractivity contribution is 5.86. The number of benzene rings is 1. The second-order valence-electron chi connectivity index (χ2n) is 5.62. The van der Waals surface area contributed by atoms with E-state index in [-0.39, 0.29) is 5.92 Å². The fourth-order valence-electron chi connectivity index (χ4n) is 3.29. The smallest absolute Gasteiger partial charge is 0.234 e. The first-order valence-corrected chi connectivity index (χ1v) is 7.40. The van der Waals surface area contributed by atoms with Crippen molar-refractivity contribution in [3.05, 3.63) is 48.2 Å². The van der Waals surface area contributed by atoms with Crippen molar-refractivity contribution >= 4 is 5.91 Å². The zero-order valence-electron chi connectivity index (χ0n) is 11.3. The fourth-order valence-corrected chi connectivity index (χ4v) is 3.29. The second kappa shape index (κ2) is 5.60. The summed E-state index contributed by atoms with van der Waals surface area (Å²) >= 11 is 0. The molecule has 0 radical (unpaired) electrons. The van der Waals surface area contributed by atoms with Crippen LogP contribution in [0.2, 0.25) is 0 Å². The normalized spacial score (nSPS) is 24.7. The highest BCUT2D eigenvalue weighted by Crippen LogP contribution is 2.31. The van der Waals surface area contributed by atoms with E-state index in [1.165, 1.54) is 19.3 Å². The first kappa shape index (κ1) is 12.5. The average Bonchev–Trinajstić information content (AvgIpc) is 2.49. The van der Waals surface area contributed by atoms with E-state index in [9.17, 15) is 4.79 Å². The molecule has 1 fully saturated rings. The third kappa shape index (κ3) is 2.58. The molecule has 0 spiro atoms. The zero-order valence-corrected chi connectivity index (χ0v) is 11.3. The number of hydrogen-bond donors (Lipinski definition) is 0. The number of allylic oxidation sites excluding steroid dienone is 1. The van der Waals surface area contributed by atoms with E-state index in [0.29, 0.717) is 11.9 Å². The SMILES string of the molecule is O=C1C(c2ccccc2)CC=CN1C1CCCCC1. The summed E-state index contributed by atoms with van der Waals surface area (Å²) < 4.78 is 0. The van der Waals surface area contributed by atoms with Gasteiger partial charge in [-0.15, -0.1) is 0 Å². The van der Waals surface area contributed by atoms with Crippen LogP contribution in [-0.2, 0) is 4.79 Å². The Labute approximate surface area is 115 Å². The van der Waals surface area contributed by atoms with Crippen molar-refractivity contribution in [2.75, 3.05) is 0 Å². The van der Waals surface area contributed by atoms with Gasteiger partial charge in [-0.3, -0.25) is 4.79 Å². The van der Waals surface area contributed by atoms with Gasteiger partial charge < -0.3 is 4.90 Å². The van der Waals surface area contributed by atoms with Gasteiger partial charge in [0.1, 0.15) is 0 Å². The molecule has 1 aliphatic heterocycles. The molecule has 1 amide bonds. The molecule has 0 N–H and O–H groups in total. The summed E-state index contributed by atoms with van der Waals surface area (Å²) in [6, 6.07) is 10.6. The molecule has 100 valence electrons. The summed E-state index contributed by atoms with van der Waals surface area (Å²) in [6.07, 6.45) is 11.2. The van der Waals surface area contributed by atoms with Gasteiger partial charge in [0.25, 0.3) is 0 Å². The molecular formula is C17H21NO. The van der Waals surface area contributed by atoms with Gasteiger partial charge in [0, 0.05) is 12.2 Å². The monoisotopic (exact) mass is 255 g/mol. The number of carbonyl (C=O) groups excluding carboxylic acids is 1. The summed E-state index contributed by atoms with van der Waals surface area (Å²) in [4.78, 5) is 14.7. The molecule has 1 aliphatic carbocycles. The van der Waals surface area contributed by atoms with Crippen LogP contribution in [0.25, 0.3) is 0 Å². The first-order valence-electron chi connectivity index (χ1n) is 7.40. The number of hydrogen-bond acceptors (Lipinski definition) is 1. The fraction of sp³-hybridized carbons (Fsp3) is 0.471. The molecule has 2 aliphatic rings. The van der Waals surface area contributed by atoms with E-state index >= 15 is 0 Å². The maximum atomic E-state index is 12.7. The van der Waals surface area contributed by atoms with Crippen LogP contribution in [0.1, 0.15) is 50.0 Å². The van der Waals surface area contributed by atoms with Gasteiger partial charge in [-0.2, -0.15) is 0 Å². The Morgan fingerprint density at radius 1 is 1.00 bits per heavy atom. The first-order chi connectivity index (χ1) is 9.36. The molecule has 19 heavy (non-hydrogen) atoms. The van der Waals surface area contributed by atoms with E-state index in [1.807, 2.05) is 29.3 Å². The van der Waals surface area contributed by atoms with Gasteiger partial charge in [-0.1, -0.05) is 55.7 Å². The van der Waals surface area contributed by atoms with E-state index in [0.717, 1.165) is 24.8 Å². The van der Waals surface area contributed by atoms with Crippen LogP contribution in [0.5, 0.6) is 0 Å². The Morgan fingerprint density at radius 2 is 1.74 bits per heavy atom. The number of amides is 1. The van der Waals surface area contributed by atoms with Crippen LogP contribution in [-0.4, -0.2) is 16.8 Å². The van der Waals surface area contributed by atoms with Crippen LogP contribution >= 0.6 is 0 Å². The minimum absolute atomic E-state index is 0.0214. The van der Waals surface area contributed by atoms with Gasteiger partial charge in [-0.25, -0.2) is 0 Å². The lowest BCUT2D eigenvalue weighted by Crippen LogP contribution is -2.41. The van der Waals surface area contributed by atoms with E-state index in [2.05, 4.69) is 18.2 Å². The standard InChI is InChI=1S/C17H21NO/c19-17-16(14-8-3-1-4-9-14)12-7-13-18(17)15-10-5-2-6-11-15/h1,3-4,7-9,13,15-16H,2,5-6,10-12H2. The van der Waals surface area contributed by atoms with Crippen molar-refractivity contribution in [3.8, 4) is 0 Å².